The quantitative estimate of drug-likeness (QED) is 0.613. The molecule has 1 aromatic rings. The lowest BCUT2D eigenvalue weighted by molar-refractivity contribution is -0.145. The molecule has 1 aliphatic rings. The summed E-state index contributed by atoms with van der Waals surface area (Å²) in [5, 5.41) is 14.4. The summed E-state index contributed by atoms with van der Waals surface area (Å²) in [6.45, 7) is 2.67. The molecule has 0 bridgehead atoms. The predicted octanol–water partition coefficient (Wildman–Crippen LogP) is 0.460. The van der Waals surface area contributed by atoms with Gasteiger partial charge < -0.3 is 10.1 Å². The molecule has 1 aliphatic heterocycles. The first-order valence-corrected chi connectivity index (χ1v) is 10.4. The molecule has 10 heteroatoms. The molecule has 1 N–H and O–H groups in total. The van der Waals surface area contributed by atoms with E-state index in [9.17, 15) is 9.59 Å². The topological polar surface area (TPSA) is 102 Å². The largest absolute Gasteiger partial charge is 0.467 e. The molecule has 9 nitrogen and oxygen atoms in total. The second-order valence-corrected chi connectivity index (χ2v) is 7.35. The van der Waals surface area contributed by atoms with Crippen LogP contribution in [0.5, 0.6) is 0 Å². The Kier molecular flexibility index (Phi) is 8.82. The van der Waals surface area contributed by atoms with Crippen molar-refractivity contribution in [3.05, 3.63) is 5.82 Å². The molecule has 1 amide bonds. The van der Waals surface area contributed by atoms with E-state index < -0.39 is 12.0 Å². The van der Waals surface area contributed by atoms with Crippen LogP contribution >= 0.6 is 11.8 Å². The molecule has 1 saturated heterocycles. The van der Waals surface area contributed by atoms with Crippen LogP contribution in [0, 0.1) is 0 Å². The van der Waals surface area contributed by atoms with Crippen molar-refractivity contribution in [2.75, 3.05) is 32.2 Å². The standard InChI is InChI=1S/C16H28N6O3S/c1-25-16(24)13(7-10-26-2)17-15(23)12-22-14(18-19-20-22)11-21-8-5-3-4-6-9-21/h13H,3-12H2,1-2H3,(H,17,23)/t13-/m0/s1. The number of esters is 1. The molecular weight excluding hydrogens is 356 g/mol. The molecule has 26 heavy (non-hydrogen) atoms. The monoisotopic (exact) mass is 384 g/mol. The van der Waals surface area contributed by atoms with Gasteiger partial charge in [0.15, 0.2) is 5.82 Å². The molecule has 1 atom stereocenters. The van der Waals surface area contributed by atoms with E-state index in [2.05, 4.69) is 25.7 Å². The first-order chi connectivity index (χ1) is 12.6. The number of thioether (sulfide) groups is 1. The Morgan fingerprint density at radius 3 is 2.65 bits per heavy atom. The first-order valence-electron chi connectivity index (χ1n) is 8.97. The lowest BCUT2D eigenvalue weighted by Crippen LogP contribution is -2.43. The Morgan fingerprint density at radius 2 is 2.00 bits per heavy atom. The Hall–Kier alpha value is -1.68. The fourth-order valence-corrected chi connectivity index (χ4v) is 3.43. The highest BCUT2D eigenvalue weighted by molar-refractivity contribution is 7.98. The molecule has 146 valence electrons. The van der Waals surface area contributed by atoms with Crippen molar-refractivity contribution in [1.82, 2.24) is 30.4 Å². The minimum absolute atomic E-state index is 0.0110. The van der Waals surface area contributed by atoms with E-state index >= 15 is 0 Å². The highest BCUT2D eigenvalue weighted by Gasteiger charge is 2.22. The third-order valence-electron chi connectivity index (χ3n) is 4.39. The average Bonchev–Trinajstić information content (AvgIpc) is 2.90. The lowest BCUT2D eigenvalue weighted by atomic mass is 10.2. The number of nitrogens with one attached hydrogen (secondary N) is 1. The maximum Gasteiger partial charge on any atom is 0.328 e. The van der Waals surface area contributed by atoms with Crippen molar-refractivity contribution in [2.24, 2.45) is 0 Å². The molecule has 1 fully saturated rings. The summed E-state index contributed by atoms with van der Waals surface area (Å²) in [6.07, 6.45) is 7.35. The Morgan fingerprint density at radius 1 is 1.27 bits per heavy atom. The van der Waals surface area contributed by atoms with Crippen molar-refractivity contribution >= 4 is 23.6 Å². The van der Waals surface area contributed by atoms with E-state index in [1.807, 2.05) is 6.26 Å². The summed E-state index contributed by atoms with van der Waals surface area (Å²) in [5.74, 6) is 0.686. The molecule has 0 saturated carbocycles. The minimum Gasteiger partial charge on any atom is -0.467 e. The van der Waals surface area contributed by atoms with Crippen LogP contribution in [0.25, 0.3) is 0 Å². The van der Waals surface area contributed by atoms with Gasteiger partial charge >= 0.3 is 5.97 Å². The molecule has 0 aromatic carbocycles. The van der Waals surface area contributed by atoms with Crippen LogP contribution in [0.4, 0.5) is 0 Å². The number of ether oxygens (including phenoxy) is 1. The summed E-state index contributed by atoms with van der Waals surface area (Å²) in [7, 11) is 1.32. The van der Waals surface area contributed by atoms with E-state index in [0.717, 1.165) is 18.8 Å². The zero-order valence-electron chi connectivity index (χ0n) is 15.5. The molecule has 0 spiro atoms. The van der Waals surface area contributed by atoms with Gasteiger partial charge in [-0.05, 0) is 54.8 Å². The van der Waals surface area contributed by atoms with E-state index in [4.69, 9.17) is 4.74 Å². The Bertz CT molecular complexity index is 574. The van der Waals surface area contributed by atoms with Crippen molar-refractivity contribution in [1.29, 1.82) is 0 Å². The second kappa shape index (κ2) is 11.1. The number of hydrogen-bond acceptors (Lipinski definition) is 8. The number of likely N-dealkylation sites (tertiary alicyclic amines) is 1. The summed E-state index contributed by atoms with van der Waals surface area (Å²) in [6, 6.07) is -0.648. The van der Waals surface area contributed by atoms with Crippen molar-refractivity contribution in [3.63, 3.8) is 0 Å². The van der Waals surface area contributed by atoms with Crippen LogP contribution in [0.2, 0.25) is 0 Å². The van der Waals surface area contributed by atoms with Gasteiger partial charge in [-0.3, -0.25) is 9.69 Å². The lowest BCUT2D eigenvalue weighted by Gasteiger charge is -2.19. The van der Waals surface area contributed by atoms with Gasteiger partial charge in [-0.15, -0.1) is 5.10 Å². The zero-order valence-corrected chi connectivity index (χ0v) is 16.3. The van der Waals surface area contributed by atoms with Crippen LogP contribution in [0.3, 0.4) is 0 Å². The minimum atomic E-state index is -0.648. The van der Waals surface area contributed by atoms with Gasteiger partial charge in [-0.1, -0.05) is 12.8 Å². The average molecular weight is 385 g/mol. The summed E-state index contributed by atoms with van der Waals surface area (Å²) in [4.78, 5) is 26.5. The van der Waals surface area contributed by atoms with Gasteiger partial charge in [0, 0.05) is 0 Å². The summed E-state index contributed by atoms with van der Waals surface area (Å²) < 4.78 is 6.27. The number of carbonyl (C=O) groups excluding carboxylic acids is 2. The van der Waals surface area contributed by atoms with Gasteiger partial charge in [0.05, 0.1) is 13.7 Å². The van der Waals surface area contributed by atoms with Crippen molar-refractivity contribution < 1.29 is 14.3 Å². The number of aromatic nitrogens is 4. The maximum absolute atomic E-state index is 12.3. The van der Waals surface area contributed by atoms with E-state index in [-0.39, 0.29) is 12.5 Å². The van der Waals surface area contributed by atoms with Crippen molar-refractivity contribution in [2.45, 2.75) is 51.2 Å². The number of methoxy groups -OCH3 is 1. The van der Waals surface area contributed by atoms with E-state index in [0.29, 0.717) is 18.8 Å². The van der Waals surface area contributed by atoms with Crippen LogP contribution in [0.15, 0.2) is 0 Å². The molecule has 1 aromatic heterocycles. The Balaban J connectivity index is 1.91. The van der Waals surface area contributed by atoms with Crippen LogP contribution < -0.4 is 5.32 Å². The number of rotatable bonds is 9. The summed E-state index contributed by atoms with van der Waals surface area (Å²) >= 11 is 1.61. The highest BCUT2D eigenvalue weighted by Crippen LogP contribution is 2.12. The molecular formula is C16H28N6O3S. The third-order valence-corrected chi connectivity index (χ3v) is 5.04. The number of amides is 1. The molecule has 2 heterocycles. The van der Waals surface area contributed by atoms with Crippen LogP contribution in [-0.2, 0) is 27.4 Å². The molecule has 0 unspecified atom stereocenters. The SMILES string of the molecule is COC(=O)[C@H](CCSC)NC(=O)Cn1nnnc1CN1CCCCCC1. The molecule has 2 rings (SSSR count). The van der Waals surface area contributed by atoms with Crippen LogP contribution in [-0.4, -0.2) is 75.2 Å². The van der Waals surface area contributed by atoms with Crippen LogP contribution in [0.1, 0.15) is 37.9 Å². The van der Waals surface area contributed by atoms with Crippen molar-refractivity contribution in [3.8, 4) is 0 Å². The number of nitrogens with zero attached hydrogens (tertiary/aromatic N) is 5. The fraction of sp³-hybridized carbons (Fsp3) is 0.812. The van der Waals surface area contributed by atoms with Gasteiger partial charge in [0.25, 0.3) is 0 Å². The highest BCUT2D eigenvalue weighted by atomic mass is 32.2. The van der Waals surface area contributed by atoms with Gasteiger partial charge in [0.2, 0.25) is 5.91 Å². The number of carbonyl (C=O) groups is 2. The molecule has 0 aliphatic carbocycles. The first kappa shape index (κ1) is 20.6. The smallest absolute Gasteiger partial charge is 0.328 e. The predicted molar refractivity (Wildman–Crippen MR) is 98.5 cm³/mol. The number of hydrogen-bond donors (Lipinski definition) is 1. The zero-order chi connectivity index (χ0) is 18.8. The fourth-order valence-electron chi connectivity index (χ4n) is 2.96. The van der Waals surface area contributed by atoms with Gasteiger partial charge in [0.1, 0.15) is 12.6 Å². The number of tetrazole rings is 1. The van der Waals surface area contributed by atoms with E-state index in [1.165, 1.54) is 37.5 Å². The molecule has 0 radical (unpaired) electrons. The Labute approximate surface area is 158 Å². The van der Waals surface area contributed by atoms with E-state index in [1.54, 1.807) is 11.8 Å². The van der Waals surface area contributed by atoms with Gasteiger partial charge in [-0.25, -0.2) is 9.48 Å². The summed E-state index contributed by atoms with van der Waals surface area (Å²) in [5.41, 5.74) is 0. The second-order valence-electron chi connectivity index (χ2n) is 6.37. The maximum atomic E-state index is 12.3. The van der Waals surface area contributed by atoms with Gasteiger partial charge in [-0.2, -0.15) is 11.8 Å². The normalized spacial score (nSPS) is 16.7. The third kappa shape index (κ3) is 6.56.